The number of thioether (sulfide) groups is 1. The van der Waals surface area contributed by atoms with E-state index in [2.05, 4.69) is 5.32 Å². The lowest BCUT2D eigenvalue weighted by Gasteiger charge is -2.30. The van der Waals surface area contributed by atoms with Gasteiger partial charge in [0.05, 0.1) is 13.2 Å². The monoisotopic (exact) mass is 289 g/mol. The smallest absolute Gasteiger partial charge is 0.329 e. The summed E-state index contributed by atoms with van der Waals surface area (Å²) in [6, 6.07) is -0.577. The molecule has 1 saturated carbocycles. The fourth-order valence-corrected chi connectivity index (χ4v) is 3.75. The van der Waals surface area contributed by atoms with Gasteiger partial charge in [0, 0.05) is 25.0 Å². The van der Waals surface area contributed by atoms with E-state index in [-0.39, 0.29) is 12.0 Å². The number of methoxy groups -OCH3 is 2. The summed E-state index contributed by atoms with van der Waals surface area (Å²) in [6.07, 6.45) is 4.80. The lowest BCUT2D eigenvalue weighted by molar-refractivity contribution is -0.144. The Morgan fingerprint density at radius 3 is 2.58 bits per heavy atom. The molecule has 5 nitrogen and oxygen atoms in total. The van der Waals surface area contributed by atoms with Gasteiger partial charge in [0.25, 0.3) is 0 Å². The van der Waals surface area contributed by atoms with E-state index < -0.39 is 12.0 Å². The van der Waals surface area contributed by atoms with E-state index in [1.165, 1.54) is 26.9 Å². The van der Waals surface area contributed by atoms with Crippen molar-refractivity contribution >= 4 is 23.6 Å². The molecule has 1 aliphatic carbocycles. The van der Waals surface area contributed by atoms with E-state index >= 15 is 0 Å². The van der Waals surface area contributed by atoms with Crippen LogP contribution in [0.2, 0.25) is 0 Å². The molecule has 0 heterocycles. The first-order valence-electron chi connectivity index (χ1n) is 6.57. The molecule has 0 spiro atoms. The predicted octanol–water partition coefficient (Wildman–Crippen LogP) is 1.35. The Balaban J connectivity index is 2.49. The maximum absolute atomic E-state index is 11.6. The van der Waals surface area contributed by atoms with E-state index in [4.69, 9.17) is 9.47 Å². The van der Waals surface area contributed by atoms with E-state index in [1.54, 1.807) is 18.9 Å². The van der Waals surface area contributed by atoms with Gasteiger partial charge in [0.2, 0.25) is 5.91 Å². The first-order valence-corrected chi connectivity index (χ1v) is 7.62. The molecule has 0 aromatic rings. The summed E-state index contributed by atoms with van der Waals surface area (Å²) in [7, 11) is 3.07. The summed E-state index contributed by atoms with van der Waals surface area (Å²) in [4.78, 5) is 22.7. The molecule has 1 amide bonds. The van der Waals surface area contributed by atoms with E-state index in [9.17, 15) is 9.59 Å². The Hall–Kier alpha value is -0.750. The summed E-state index contributed by atoms with van der Waals surface area (Å²) in [5.74, 6) is -0.0908. The topological polar surface area (TPSA) is 64.6 Å². The molecule has 1 aliphatic rings. The van der Waals surface area contributed by atoms with Crippen molar-refractivity contribution in [3.63, 3.8) is 0 Å². The van der Waals surface area contributed by atoms with Crippen molar-refractivity contribution in [3.05, 3.63) is 0 Å². The van der Waals surface area contributed by atoms with Crippen LogP contribution >= 0.6 is 11.8 Å². The molecule has 0 bridgehead atoms. The first-order chi connectivity index (χ1) is 9.08. The minimum atomic E-state index is -0.577. The lowest BCUT2D eigenvalue weighted by atomic mass is 9.97. The molecule has 0 aromatic carbocycles. The quantitative estimate of drug-likeness (QED) is 0.748. The van der Waals surface area contributed by atoms with Gasteiger partial charge in [0.15, 0.2) is 0 Å². The number of esters is 1. The Morgan fingerprint density at radius 1 is 1.32 bits per heavy atom. The SMILES string of the molecule is COC(=O)C(CSC1CCCCC1OC)NC(C)=O. The molecule has 1 N–H and O–H groups in total. The number of hydrogen-bond donors (Lipinski definition) is 1. The Kier molecular flexibility index (Phi) is 7.23. The van der Waals surface area contributed by atoms with Gasteiger partial charge < -0.3 is 14.8 Å². The van der Waals surface area contributed by atoms with Crippen molar-refractivity contribution in [2.24, 2.45) is 0 Å². The summed E-state index contributed by atoms with van der Waals surface area (Å²) in [5, 5.41) is 3.02. The zero-order valence-corrected chi connectivity index (χ0v) is 12.6. The van der Waals surface area contributed by atoms with E-state index in [0.717, 1.165) is 12.8 Å². The highest BCUT2D eigenvalue weighted by molar-refractivity contribution is 8.00. The molecule has 1 fully saturated rings. The number of nitrogens with one attached hydrogen (secondary N) is 1. The highest BCUT2D eigenvalue weighted by Crippen LogP contribution is 2.30. The second-order valence-electron chi connectivity index (χ2n) is 4.71. The van der Waals surface area contributed by atoms with Gasteiger partial charge in [-0.05, 0) is 12.8 Å². The van der Waals surface area contributed by atoms with Gasteiger partial charge in [0.1, 0.15) is 6.04 Å². The summed E-state index contributed by atoms with van der Waals surface area (Å²) in [5.41, 5.74) is 0. The third-order valence-electron chi connectivity index (χ3n) is 3.28. The molecule has 0 aliphatic heterocycles. The first kappa shape index (κ1) is 16.3. The van der Waals surface area contributed by atoms with Crippen molar-refractivity contribution in [1.29, 1.82) is 0 Å². The van der Waals surface area contributed by atoms with Crippen LogP contribution in [0.15, 0.2) is 0 Å². The molecule has 0 saturated heterocycles. The summed E-state index contributed by atoms with van der Waals surface area (Å²) < 4.78 is 10.2. The Bertz CT molecular complexity index is 311. The summed E-state index contributed by atoms with van der Waals surface area (Å²) >= 11 is 1.68. The number of ether oxygens (including phenoxy) is 2. The van der Waals surface area contributed by atoms with Crippen molar-refractivity contribution in [2.75, 3.05) is 20.0 Å². The standard InChI is InChI=1S/C13H23NO4S/c1-9(15)14-10(13(16)18-3)8-19-12-7-5-4-6-11(12)17-2/h10-12H,4-8H2,1-3H3,(H,14,15). The molecule has 1 rings (SSSR count). The average molecular weight is 289 g/mol. The number of carbonyl (C=O) groups is 2. The van der Waals surface area contributed by atoms with Crippen molar-refractivity contribution in [1.82, 2.24) is 5.32 Å². The molecule has 6 heteroatoms. The zero-order valence-electron chi connectivity index (χ0n) is 11.8. The number of amides is 1. The van der Waals surface area contributed by atoms with Crippen molar-refractivity contribution in [2.45, 2.75) is 50.0 Å². The number of hydrogen-bond acceptors (Lipinski definition) is 5. The van der Waals surface area contributed by atoms with Crippen molar-refractivity contribution < 1.29 is 19.1 Å². The third kappa shape index (κ3) is 5.40. The van der Waals surface area contributed by atoms with Crippen LogP contribution in [0.3, 0.4) is 0 Å². The van der Waals surface area contributed by atoms with Crippen LogP contribution < -0.4 is 5.32 Å². The molecular formula is C13H23NO4S. The van der Waals surface area contributed by atoms with Crippen LogP contribution in [-0.4, -0.2) is 49.2 Å². The minimum absolute atomic E-state index is 0.220. The Morgan fingerprint density at radius 2 is 2.00 bits per heavy atom. The fraction of sp³-hybridized carbons (Fsp3) is 0.846. The van der Waals surface area contributed by atoms with Crippen LogP contribution in [0.1, 0.15) is 32.6 Å². The van der Waals surface area contributed by atoms with Crippen molar-refractivity contribution in [3.8, 4) is 0 Å². The van der Waals surface area contributed by atoms with E-state index in [1.807, 2.05) is 0 Å². The Labute approximate surface area is 118 Å². The van der Waals surface area contributed by atoms with Crippen LogP contribution in [0.25, 0.3) is 0 Å². The second-order valence-corrected chi connectivity index (χ2v) is 5.98. The van der Waals surface area contributed by atoms with Gasteiger partial charge in [-0.1, -0.05) is 12.8 Å². The molecule has 3 atom stereocenters. The average Bonchev–Trinajstić information content (AvgIpc) is 2.42. The highest BCUT2D eigenvalue weighted by atomic mass is 32.2. The normalized spacial score (nSPS) is 24.6. The third-order valence-corrected chi connectivity index (χ3v) is 4.78. The molecule has 0 radical (unpaired) electrons. The maximum Gasteiger partial charge on any atom is 0.329 e. The second kappa shape index (κ2) is 8.43. The van der Waals surface area contributed by atoms with Gasteiger partial charge in [-0.15, -0.1) is 0 Å². The molecule has 3 unspecified atom stereocenters. The van der Waals surface area contributed by atoms with Crippen LogP contribution in [0, 0.1) is 0 Å². The van der Waals surface area contributed by atoms with Crippen LogP contribution in [0.4, 0.5) is 0 Å². The predicted molar refractivity (Wildman–Crippen MR) is 75.1 cm³/mol. The van der Waals surface area contributed by atoms with Gasteiger partial charge in [-0.2, -0.15) is 11.8 Å². The number of rotatable bonds is 6. The maximum atomic E-state index is 11.6. The molecule has 110 valence electrons. The number of carbonyl (C=O) groups excluding carboxylic acids is 2. The largest absolute Gasteiger partial charge is 0.467 e. The summed E-state index contributed by atoms with van der Waals surface area (Å²) in [6.45, 7) is 1.40. The fourth-order valence-electron chi connectivity index (χ4n) is 2.30. The molecule has 19 heavy (non-hydrogen) atoms. The zero-order chi connectivity index (χ0) is 14.3. The highest BCUT2D eigenvalue weighted by Gasteiger charge is 2.28. The molecule has 0 aromatic heterocycles. The van der Waals surface area contributed by atoms with Crippen LogP contribution in [0.5, 0.6) is 0 Å². The molecular weight excluding hydrogens is 266 g/mol. The van der Waals surface area contributed by atoms with Crippen LogP contribution in [-0.2, 0) is 19.1 Å². The van der Waals surface area contributed by atoms with E-state index in [0.29, 0.717) is 11.0 Å². The lowest BCUT2D eigenvalue weighted by Crippen LogP contribution is -2.43. The van der Waals surface area contributed by atoms with Gasteiger partial charge >= 0.3 is 5.97 Å². The van der Waals surface area contributed by atoms with Gasteiger partial charge in [-0.3, -0.25) is 4.79 Å². The minimum Gasteiger partial charge on any atom is -0.467 e. The van der Waals surface area contributed by atoms with Gasteiger partial charge in [-0.25, -0.2) is 4.79 Å².